The van der Waals surface area contributed by atoms with Crippen molar-refractivity contribution in [2.45, 2.75) is 36.0 Å². The van der Waals surface area contributed by atoms with Crippen molar-refractivity contribution >= 4 is 42.1 Å². The van der Waals surface area contributed by atoms with Crippen molar-refractivity contribution in [1.82, 2.24) is 9.55 Å². The van der Waals surface area contributed by atoms with Gasteiger partial charge in [0, 0.05) is 30.7 Å². The normalized spacial score (nSPS) is 13.0. The second-order valence-electron chi connectivity index (χ2n) is 8.28. The summed E-state index contributed by atoms with van der Waals surface area (Å²) in [5.41, 5.74) is 2.61. The molecule has 0 saturated heterocycles. The third kappa shape index (κ3) is 4.30. The van der Waals surface area contributed by atoms with Gasteiger partial charge < -0.3 is 9.88 Å². The van der Waals surface area contributed by atoms with Gasteiger partial charge in [-0.25, -0.2) is 21.8 Å². The smallest absolute Gasteiger partial charge is 0.177 e. The van der Waals surface area contributed by atoms with Crippen LogP contribution in [0.1, 0.15) is 26.6 Å². The fourth-order valence-electron chi connectivity index (χ4n) is 3.25. The number of rotatable bonds is 4. The van der Waals surface area contributed by atoms with Crippen LogP contribution in [0.2, 0.25) is 0 Å². The summed E-state index contributed by atoms with van der Waals surface area (Å²) in [5.74, 6) is 0.944. The molecule has 1 aromatic heterocycles. The Kier molecular flexibility index (Phi) is 5.03. The van der Waals surface area contributed by atoms with E-state index in [1.807, 2.05) is 29.8 Å². The van der Waals surface area contributed by atoms with Crippen LogP contribution in [0.4, 0.5) is 11.4 Å². The molecular formula is C20H25N3O4S2. The van der Waals surface area contributed by atoms with Gasteiger partial charge >= 0.3 is 0 Å². The summed E-state index contributed by atoms with van der Waals surface area (Å²) in [6.07, 6.45) is 2.10. The highest BCUT2D eigenvalue weighted by atomic mass is 32.2. The number of nitrogens with zero attached hydrogens (tertiary/aromatic N) is 2. The first-order chi connectivity index (χ1) is 13.2. The first-order valence-electron chi connectivity index (χ1n) is 8.96. The molecule has 0 aliphatic rings. The molecule has 3 aromatic rings. The molecule has 0 bridgehead atoms. The molecule has 0 aliphatic heterocycles. The maximum absolute atomic E-state index is 12.2. The van der Waals surface area contributed by atoms with Crippen molar-refractivity contribution in [2.24, 2.45) is 7.05 Å². The number of fused-ring (bicyclic) bond motifs is 1. The van der Waals surface area contributed by atoms with Crippen LogP contribution in [0.5, 0.6) is 0 Å². The van der Waals surface area contributed by atoms with E-state index in [1.165, 1.54) is 18.2 Å². The zero-order valence-corrected chi connectivity index (χ0v) is 18.9. The van der Waals surface area contributed by atoms with Crippen LogP contribution in [0.3, 0.4) is 0 Å². The molecule has 156 valence electrons. The van der Waals surface area contributed by atoms with Crippen molar-refractivity contribution < 1.29 is 16.8 Å². The molecule has 29 heavy (non-hydrogen) atoms. The largest absolute Gasteiger partial charge is 0.354 e. The first-order valence-corrected chi connectivity index (χ1v) is 12.7. The van der Waals surface area contributed by atoms with E-state index in [-0.39, 0.29) is 15.2 Å². The van der Waals surface area contributed by atoms with Crippen molar-refractivity contribution in [1.29, 1.82) is 0 Å². The number of aromatic nitrogens is 2. The van der Waals surface area contributed by atoms with Gasteiger partial charge in [-0.1, -0.05) is 20.8 Å². The van der Waals surface area contributed by atoms with Gasteiger partial charge in [0.2, 0.25) is 0 Å². The van der Waals surface area contributed by atoms with E-state index >= 15 is 0 Å². The van der Waals surface area contributed by atoms with Gasteiger partial charge in [-0.05, 0) is 36.4 Å². The molecule has 0 amide bonds. The van der Waals surface area contributed by atoms with E-state index in [1.54, 1.807) is 0 Å². The van der Waals surface area contributed by atoms with Crippen molar-refractivity contribution in [2.75, 3.05) is 17.8 Å². The quantitative estimate of drug-likeness (QED) is 0.674. The fourth-order valence-corrected chi connectivity index (χ4v) is 4.83. The predicted molar refractivity (Wildman–Crippen MR) is 115 cm³/mol. The lowest BCUT2D eigenvalue weighted by molar-refractivity contribution is 0.526. The molecule has 0 unspecified atom stereocenters. The molecule has 3 rings (SSSR count). The second-order valence-corrected chi connectivity index (χ2v) is 12.3. The molecule has 0 spiro atoms. The number of anilines is 2. The first kappa shape index (κ1) is 21.3. The summed E-state index contributed by atoms with van der Waals surface area (Å²) in [5, 5.41) is 3.09. The molecular weight excluding hydrogens is 410 g/mol. The second kappa shape index (κ2) is 6.84. The average Bonchev–Trinajstić information content (AvgIpc) is 2.90. The van der Waals surface area contributed by atoms with Gasteiger partial charge in [0.1, 0.15) is 5.82 Å². The predicted octanol–water partition coefficient (Wildman–Crippen LogP) is 3.42. The Bertz CT molecular complexity index is 1320. The third-order valence-corrected chi connectivity index (χ3v) is 6.86. The topological polar surface area (TPSA) is 98.1 Å². The van der Waals surface area contributed by atoms with Gasteiger partial charge in [0.25, 0.3) is 0 Å². The van der Waals surface area contributed by atoms with E-state index in [0.29, 0.717) is 11.4 Å². The summed E-state index contributed by atoms with van der Waals surface area (Å²) in [6.45, 7) is 6.28. The van der Waals surface area contributed by atoms with Crippen molar-refractivity contribution in [3.8, 4) is 0 Å². The van der Waals surface area contributed by atoms with Gasteiger partial charge in [0.05, 0.1) is 26.5 Å². The fraction of sp³-hybridized carbons (Fsp3) is 0.350. The van der Waals surface area contributed by atoms with Crippen molar-refractivity contribution in [3.63, 3.8) is 0 Å². The molecule has 0 atom stereocenters. The van der Waals surface area contributed by atoms with Crippen LogP contribution in [0.25, 0.3) is 11.0 Å². The lowest BCUT2D eigenvalue weighted by atomic mass is 9.96. The van der Waals surface area contributed by atoms with E-state index < -0.39 is 19.7 Å². The monoisotopic (exact) mass is 435 g/mol. The molecule has 0 saturated carbocycles. The van der Waals surface area contributed by atoms with Crippen LogP contribution < -0.4 is 5.32 Å². The Labute approximate surface area is 171 Å². The van der Waals surface area contributed by atoms with Crippen LogP contribution >= 0.6 is 0 Å². The van der Waals surface area contributed by atoms with Crippen LogP contribution in [0.15, 0.2) is 46.2 Å². The third-order valence-electron chi connectivity index (χ3n) is 4.61. The Morgan fingerprint density at radius 2 is 1.59 bits per heavy atom. The summed E-state index contributed by atoms with van der Waals surface area (Å²) >= 11 is 0. The number of nitrogens with one attached hydrogen (secondary N) is 1. The minimum atomic E-state index is -3.65. The molecule has 2 aromatic carbocycles. The summed E-state index contributed by atoms with van der Waals surface area (Å²) in [6, 6.07) is 9.66. The number of imidazole rings is 1. The highest BCUT2D eigenvalue weighted by Gasteiger charge is 2.22. The number of aryl methyl sites for hydroxylation is 1. The zero-order chi connectivity index (χ0) is 21.8. The van der Waals surface area contributed by atoms with Crippen LogP contribution in [-0.2, 0) is 32.1 Å². The molecule has 9 heteroatoms. The molecule has 1 N–H and O–H groups in total. The Morgan fingerprint density at radius 1 is 0.931 bits per heavy atom. The van der Waals surface area contributed by atoms with E-state index in [4.69, 9.17) is 4.98 Å². The standard InChI is InChI=1S/C20H25N3O4S2/c1-20(2,3)19-22-16-11-13(7-10-17(16)23(19)4)21-15-9-8-14(28(5,24)25)12-18(15)29(6,26)27/h7-12,21H,1-6H3. The van der Waals surface area contributed by atoms with Crippen LogP contribution in [0, 0.1) is 0 Å². The van der Waals surface area contributed by atoms with Gasteiger partial charge in [-0.15, -0.1) is 0 Å². The number of benzene rings is 2. The molecule has 0 radical (unpaired) electrons. The summed E-state index contributed by atoms with van der Waals surface area (Å²) in [4.78, 5) is 4.61. The maximum atomic E-state index is 12.2. The minimum Gasteiger partial charge on any atom is -0.354 e. The van der Waals surface area contributed by atoms with Gasteiger partial charge in [0.15, 0.2) is 19.7 Å². The summed E-state index contributed by atoms with van der Waals surface area (Å²) in [7, 11) is -5.21. The minimum absolute atomic E-state index is 0.0431. The highest BCUT2D eigenvalue weighted by molar-refractivity contribution is 7.91. The molecule has 0 aliphatic carbocycles. The number of sulfone groups is 2. The number of hydrogen-bond donors (Lipinski definition) is 1. The number of hydrogen-bond acceptors (Lipinski definition) is 6. The highest BCUT2D eigenvalue weighted by Crippen LogP contribution is 2.31. The lowest BCUT2D eigenvalue weighted by Gasteiger charge is -2.17. The molecule has 1 heterocycles. The van der Waals surface area contributed by atoms with E-state index in [2.05, 4.69) is 26.1 Å². The molecule has 7 nitrogen and oxygen atoms in total. The van der Waals surface area contributed by atoms with E-state index in [0.717, 1.165) is 29.4 Å². The zero-order valence-electron chi connectivity index (χ0n) is 17.3. The Balaban J connectivity index is 2.09. The van der Waals surface area contributed by atoms with Gasteiger partial charge in [-0.2, -0.15) is 0 Å². The van der Waals surface area contributed by atoms with Gasteiger partial charge in [-0.3, -0.25) is 0 Å². The Morgan fingerprint density at radius 3 is 2.14 bits per heavy atom. The van der Waals surface area contributed by atoms with E-state index in [9.17, 15) is 16.8 Å². The van der Waals surface area contributed by atoms with Crippen molar-refractivity contribution in [3.05, 3.63) is 42.2 Å². The maximum Gasteiger partial charge on any atom is 0.177 e. The SMILES string of the molecule is Cn1c(C(C)(C)C)nc2cc(Nc3ccc(S(C)(=O)=O)cc3S(C)(=O)=O)ccc21. The van der Waals surface area contributed by atoms with Crippen LogP contribution in [-0.4, -0.2) is 38.9 Å². The molecule has 0 fully saturated rings. The lowest BCUT2D eigenvalue weighted by Crippen LogP contribution is -2.17. The summed E-state index contributed by atoms with van der Waals surface area (Å²) < 4.78 is 50.2. The average molecular weight is 436 g/mol. The Hall–Kier alpha value is -2.39.